The Labute approximate surface area is 147 Å². The van der Waals surface area contributed by atoms with Gasteiger partial charge in [-0.25, -0.2) is 0 Å². The van der Waals surface area contributed by atoms with E-state index in [9.17, 15) is 0 Å². The Morgan fingerprint density at radius 1 is 0.960 bits per heavy atom. The van der Waals surface area contributed by atoms with Crippen LogP contribution in [0.25, 0.3) is 33.2 Å². The lowest BCUT2D eigenvalue weighted by Crippen LogP contribution is -1.94. The van der Waals surface area contributed by atoms with Crippen LogP contribution in [0.3, 0.4) is 0 Å². The van der Waals surface area contributed by atoms with Gasteiger partial charge in [-0.15, -0.1) is 0 Å². The predicted molar refractivity (Wildman–Crippen MR) is 103 cm³/mol. The van der Waals surface area contributed by atoms with E-state index in [4.69, 9.17) is 4.42 Å². The minimum Gasteiger partial charge on any atom is -0.455 e. The lowest BCUT2D eigenvalue weighted by atomic mass is 9.96. The number of aryl methyl sites for hydroxylation is 1. The number of furan rings is 1. The van der Waals surface area contributed by atoms with Crippen molar-refractivity contribution >= 4 is 21.9 Å². The molecule has 1 aliphatic rings. The molecule has 0 N–H and O–H groups in total. The lowest BCUT2D eigenvalue weighted by Gasteiger charge is -2.11. The van der Waals surface area contributed by atoms with Crippen LogP contribution in [0.5, 0.6) is 0 Å². The summed E-state index contributed by atoms with van der Waals surface area (Å²) in [7, 11) is 0. The molecule has 0 bridgehead atoms. The van der Waals surface area contributed by atoms with Crippen molar-refractivity contribution in [1.29, 1.82) is 0 Å². The maximum Gasteiger partial charge on any atom is 0.144 e. The molecule has 1 aliphatic carbocycles. The molecular weight excluding hydrogens is 306 g/mol. The summed E-state index contributed by atoms with van der Waals surface area (Å²) in [4.78, 5) is 4.66. The molecule has 2 aromatic carbocycles. The van der Waals surface area contributed by atoms with Gasteiger partial charge in [0.25, 0.3) is 0 Å². The molecule has 2 nitrogen and oxygen atoms in total. The molecule has 2 heteroatoms. The molecule has 1 saturated carbocycles. The largest absolute Gasteiger partial charge is 0.455 e. The first-order chi connectivity index (χ1) is 12.3. The van der Waals surface area contributed by atoms with E-state index in [1.165, 1.54) is 47.6 Å². The lowest BCUT2D eigenvalue weighted by molar-refractivity contribution is 0.669. The maximum absolute atomic E-state index is 6.24. The quantitative estimate of drug-likeness (QED) is 0.414. The summed E-state index contributed by atoms with van der Waals surface area (Å²) in [6.07, 6.45) is 7.26. The first kappa shape index (κ1) is 14.7. The third kappa shape index (κ3) is 2.44. The zero-order valence-electron chi connectivity index (χ0n) is 14.5. The van der Waals surface area contributed by atoms with E-state index < -0.39 is 0 Å². The van der Waals surface area contributed by atoms with E-state index in [2.05, 4.69) is 60.4 Å². The Hall–Kier alpha value is -2.61. The van der Waals surface area contributed by atoms with Crippen molar-refractivity contribution in [2.45, 2.75) is 38.5 Å². The van der Waals surface area contributed by atoms with Crippen LogP contribution >= 0.6 is 0 Å². The van der Waals surface area contributed by atoms with Crippen LogP contribution in [0, 0.1) is 6.92 Å². The zero-order valence-corrected chi connectivity index (χ0v) is 14.5. The van der Waals surface area contributed by atoms with Crippen LogP contribution in [-0.4, -0.2) is 4.98 Å². The van der Waals surface area contributed by atoms with Crippen LogP contribution in [0.1, 0.15) is 42.7 Å². The Bertz CT molecular complexity index is 1070. The highest BCUT2D eigenvalue weighted by atomic mass is 16.3. The highest BCUT2D eigenvalue weighted by Gasteiger charge is 2.19. The number of hydrogen-bond donors (Lipinski definition) is 0. The van der Waals surface area contributed by atoms with E-state index in [-0.39, 0.29) is 0 Å². The van der Waals surface area contributed by atoms with Gasteiger partial charge in [0, 0.05) is 22.5 Å². The summed E-state index contributed by atoms with van der Waals surface area (Å²) >= 11 is 0. The molecule has 0 radical (unpaired) electrons. The Balaban J connectivity index is 1.70. The van der Waals surface area contributed by atoms with Gasteiger partial charge in [0.05, 0.1) is 5.69 Å². The fourth-order valence-electron chi connectivity index (χ4n) is 4.21. The van der Waals surface area contributed by atoms with Crippen molar-refractivity contribution in [3.8, 4) is 11.3 Å². The molecule has 2 heterocycles. The molecule has 0 spiro atoms. The molecule has 124 valence electrons. The van der Waals surface area contributed by atoms with E-state index in [1.54, 1.807) is 0 Å². The fraction of sp³-hybridized carbons (Fsp3) is 0.261. The Kier molecular flexibility index (Phi) is 3.37. The van der Waals surface area contributed by atoms with Crippen LogP contribution in [-0.2, 0) is 0 Å². The third-order valence-electron chi connectivity index (χ3n) is 5.54. The van der Waals surface area contributed by atoms with Crippen molar-refractivity contribution in [2.75, 3.05) is 0 Å². The van der Waals surface area contributed by atoms with Crippen molar-refractivity contribution in [3.05, 3.63) is 65.9 Å². The number of hydrogen-bond acceptors (Lipinski definition) is 2. The average molecular weight is 327 g/mol. The van der Waals surface area contributed by atoms with E-state index >= 15 is 0 Å². The van der Waals surface area contributed by atoms with E-state index in [1.807, 2.05) is 6.20 Å². The minimum absolute atomic E-state index is 0.694. The van der Waals surface area contributed by atoms with E-state index in [0.29, 0.717) is 5.92 Å². The summed E-state index contributed by atoms with van der Waals surface area (Å²) in [6, 6.07) is 17.2. The molecule has 0 unspecified atom stereocenters. The highest BCUT2D eigenvalue weighted by Crippen LogP contribution is 2.38. The molecule has 0 amide bonds. The summed E-state index contributed by atoms with van der Waals surface area (Å²) in [6.45, 7) is 2.10. The van der Waals surface area contributed by atoms with Crippen LogP contribution < -0.4 is 0 Å². The molecule has 2 aromatic heterocycles. The smallest absolute Gasteiger partial charge is 0.144 e. The summed E-state index contributed by atoms with van der Waals surface area (Å²) in [5.41, 5.74) is 6.64. The molecule has 0 atom stereocenters. The summed E-state index contributed by atoms with van der Waals surface area (Å²) in [5.74, 6) is 0.694. The average Bonchev–Trinajstić information content (AvgIpc) is 3.29. The van der Waals surface area contributed by atoms with Gasteiger partial charge in [-0.05, 0) is 61.1 Å². The van der Waals surface area contributed by atoms with Crippen molar-refractivity contribution in [3.63, 3.8) is 0 Å². The van der Waals surface area contributed by atoms with Crippen LogP contribution in [0.15, 0.2) is 59.1 Å². The number of benzene rings is 2. The standard InChI is InChI=1S/C23H21NO/c1-15-9-10-18-19-7-4-8-20(23(19)25-22(18)13-15)21-14-17(11-12-24-21)16-5-2-3-6-16/h4,7-14,16H,2-3,5-6H2,1H3. The van der Waals surface area contributed by atoms with Gasteiger partial charge < -0.3 is 4.42 Å². The SMILES string of the molecule is Cc1ccc2c(c1)oc1c(-c3cc(C4CCCC4)ccn3)cccc12. The monoisotopic (exact) mass is 327 g/mol. The zero-order chi connectivity index (χ0) is 16.8. The molecule has 1 fully saturated rings. The number of para-hydroxylation sites is 1. The van der Waals surface area contributed by atoms with Crippen molar-refractivity contribution in [1.82, 2.24) is 4.98 Å². The first-order valence-corrected chi connectivity index (χ1v) is 9.18. The van der Waals surface area contributed by atoms with Gasteiger partial charge in [-0.3, -0.25) is 4.98 Å². The second kappa shape index (κ2) is 5.73. The van der Waals surface area contributed by atoms with Gasteiger partial charge in [-0.2, -0.15) is 0 Å². The van der Waals surface area contributed by atoms with Gasteiger partial charge >= 0.3 is 0 Å². The number of nitrogens with zero attached hydrogens (tertiary/aromatic N) is 1. The summed E-state index contributed by atoms with van der Waals surface area (Å²) in [5, 5.41) is 2.34. The number of rotatable bonds is 2. The van der Waals surface area contributed by atoms with Crippen molar-refractivity contribution < 1.29 is 4.42 Å². The van der Waals surface area contributed by atoms with Crippen molar-refractivity contribution in [2.24, 2.45) is 0 Å². The predicted octanol–water partition coefficient (Wildman–Crippen LogP) is 6.61. The number of fused-ring (bicyclic) bond motifs is 3. The van der Waals surface area contributed by atoms with Gasteiger partial charge in [0.15, 0.2) is 0 Å². The number of aromatic nitrogens is 1. The molecule has 0 aliphatic heterocycles. The molecule has 5 rings (SSSR count). The molecular formula is C23H21NO. The Morgan fingerprint density at radius 2 is 1.84 bits per heavy atom. The van der Waals surface area contributed by atoms with E-state index in [0.717, 1.165) is 22.4 Å². The maximum atomic E-state index is 6.24. The first-order valence-electron chi connectivity index (χ1n) is 9.18. The summed E-state index contributed by atoms with van der Waals surface area (Å²) < 4.78 is 6.24. The topological polar surface area (TPSA) is 26.0 Å². The number of pyridine rings is 1. The van der Waals surface area contributed by atoms with Gasteiger partial charge in [0.1, 0.15) is 11.2 Å². The van der Waals surface area contributed by atoms with Gasteiger partial charge in [-0.1, -0.05) is 37.1 Å². The third-order valence-corrected chi connectivity index (χ3v) is 5.54. The van der Waals surface area contributed by atoms with Crippen LogP contribution in [0.2, 0.25) is 0 Å². The normalized spacial score (nSPS) is 15.4. The fourth-order valence-corrected chi connectivity index (χ4v) is 4.21. The highest BCUT2D eigenvalue weighted by molar-refractivity contribution is 6.09. The van der Waals surface area contributed by atoms with Gasteiger partial charge in [0.2, 0.25) is 0 Å². The Morgan fingerprint density at radius 3 is 2.72 bits per heavy atom. The van der Waals surface area contributed by atoms with Crippen LogP contribution in [0.4, 0.5) is 0 Å². The minimum atomic E-state index is 0.694. The second-order valence-corrected chi connectivity index (χ2v) is 7.24. The second-order valence-electron chi connectivity index (χ2n) is 7.24. The molecule has 4 aromatic rings. The molecule has 0 saturated heterocycles. The molecule has 25 heavy (non-hydrogen) atoms.